The highest BCUT2D eigenvalue weighted by atomic mass is 32.2. The molecule has 0 spiro atoms. The molecule has 4 rings (SSSR count). The van der Waals surface area contributed by atoms with Crippen LogP contribution < -0.4 is 5.32 Å². The van der Waals surface area contributed by atoms with Crippen LogP contribution in [-0.2, 0) is 4.87 Å². The molecule has 0 saturated carbocycles. The standard InChI is InChI=1S/C26H30F2N4O2S/c1-31(34)25(33)32-26(19-10-5-4-6-11-19,16-9-17-29-21-12-7-2-3-8-13-21)35-24(30-32)22-18-20(27)14-15-23(22)28/h2-6,10-11,14-15,18,21,29,34H,7-9,12-13,16-17H2,1H3. The molecular weight excluding hydrogens is 470 g/mol. The molecule has 0 radical (unpaired) electrons. The summed E-state index contributed by atoms with van der Waals surface area (Å²) in [7, 11) is 1.22. The molecule has 9 heteroatoms. The number of carbonyl (C=O) groups excluding carboxylic acids is 1. The maximum absolute atomic E-state index is 14.7. The lowest BCUT2D eigenvalue weighted by Gasteiger charge is -2.36. The van der Waals surface area contributed by atoms with Gasteiger partial charge in [0.25, 0.3) is 0 Å². The van der Waals surface area contributed by atoms with Crippen LogP contribution in [0.25, 0.3) is 0 Å². The molecule has 2 aliphatic rings. The number of hydroxylamine groups is 2. The van der Waals surface area contributed by atoms with E-state index in [9.17, 15) is 18.8 Å². The first-order valence-electron chi connectivity index (χ1n) is 11.8. The quantitative estimate of drug-likeness (QED) is 0.217. The average Bonchev–Trinajstić information content (AvgIpc) is 3.05. The zero-order chi connectivity index (χ0) is 24.8. The lowest BCUT2D eigenvalue weighted by atomic mass is 10.00. The molecule has 6 nitrogen and oxygen atoms in total. The second-order valence-electron chi connectivity index (χ2n) is 8.78. The van der Waals surface area contributed by atoms with E-state index in [0.717, 1.165) is 56.0 Å². The molecule has 0 aromatic heterocycles. The van der Waals surface area contributed by atoms with Gasteiger partial charge in [-0.05, 0) is 68.8 Å². The second-order valence-corrected chi connectivity index (χ2v) is 10.0. The van der Waals surface area contributed by atoms with Gasteiger partial charge in [-0.3, -0.25) is 5.21 Å². The van der Waals surface area contributed by atoms with Crippen LogP contribution in [0.3, 0.4) is 0 Å². The zero-order valence-electron chi connectivity index (χ0n) is 19.7. The fraction of sp³-hybridized carbons (Fsp3) is 0.385. The van der Waals surface area contributed by atoms with E-state index in [1.165, 1.54) is 23.8 Å². The third-order valence-corrected chi connectivity index (χ3v) is 7.74. The minimum atomic E-state index is -1.03. The first kappa shape index (κ1) is 25.3. The summed E-state index contributed by atoms with van der Waals surface area (Å²) in [5, 5.41) is 19.9. The Labute approximate surface area is 208 Å². The van der Waals surface area contributed by atoms with Crippen LogP contribution in [0.1, 0.15) is 49.7 Å². The second kappa shape index (κ2) is 11.3. The summed E-state index contributed by atoms with van der Waals surface area (Å²) >= 11 is 1.20. The summed E-state index contributed by atoms with van der Waals surface area (Å²) in [5.74, 6) is -1.23. The first-order chi connectivity index (χ1) is 16.9. The van der Waals surface area contributed by atoms with E-state index in [2.05, 4.69) is 22.6 Å². The molecule has 2 N–H and O–H groups in total. The number of nitrogens with one attached hydrogen (secondary N) is 1. The Morgan fingerprint density at radius 2 is 1.91 bits per heavy atom. The SMILES string of the molecule is CN(O)C(=O)N1N=C(c2cc(F)ccc2F)SC1(CCCNC1CCC=CCC1)c1ccccc1. The minimum absolute atomic E-state index is 0.0183. The molecule has 0 saturated heterocycles. The summed E-state index contributed by atoms with van der Waals surface area (Å²) < 4.78 is 28.7. The van der Waals surface area contributed by atoms with Crippen molar-refractivity contribution >= 4 is 22.8 Å². The van der Waals surface area contributed by atoms with Gasteiger partial charge in [0.1, 0.15) is 21.5 Å². The molecule has 2 amide bonds. The van der Waals surface area contributed by atoms with Crippen LogP contribution >= 0.6 is 11.8 Å². The minimum Gasteiger partial charge on any atom is -0.314 e. The van der Waals surface area contributed by atoms with Crippen molar-refractivity contribution in [2.45, 2.75) is 49.4 Å². The van der Waals surface area contributed by atoms with Crippen LogP contribution in [0, 0.1) is 11.6 Å². The molecule has 1 atom stereocenters. The van der Waals surface area contributed by atoms with Crippen molar-refractivity contribution in [1.29, 1.82) is 0 Å². The van der Waals surface area contributed by atoms with Crippen LogP contribution in [0.15, 0.2) is 65.8 Å². The summed E-state index contributed by atoms with van der Waals surface area (Å²) in [6, 6.07) is 12.2. The Hall–Kier alpha value is -2.75. The van der Waals surface area contributed by atoms with E-state index in [0.29, 0.717) is 23.9 Å². The largest absolute Gasteiger partial charge is 0.365 e. The summed E-state index contributed by atoms with van der Waals surface area (Å²) in [6.07, 6.45) is 9.93. The highest BCUT2D eigenvalue weighted by Crippen LogP contribution is 2.50. The average molecular weight is 501 g/mol. The van der Waals surface area contributed by atoms with Crippen molar-refractivity contribution in [3.63, 3.8) is 0 Å². The molecule has 1 heterocycles. The first-order valence-corrected chi connectivity index (χ1v) is 12.7. The van der Waals surface area contributed by atoms with E-state index in [-0.39, 0.29) is 10.6 Å². The molecule has 1 unspecified atom stereocenters. The monoisotopic (exact) mass is 500 g/mol. The van der Waals surface area contributed by atoms with Crippen molar-refractivity contribution < 1.29 is 18.8 Å². The molecule has 2 aromatic rings. The molecular formula is C26H30F2N4O2S. The maximum Gasteiger partial charge on any atom is 0.365 e. The normalized spacial score (nSPS) is 20.6. The highest BCUT2D eigenvalue weighted by molar-refractivity contribution is 8.15. The smallest absolute Gasteiger partial charge is 0.314 e. The van der Waals surface area contributed by atoms with Crippen molar-refractivity contribution in [3.8, 4) is 0 Å². The van der Waals surface area contributed by atoms with E-state index in [1.807, 2.05) is 30.3 Å². The Morgan fingerprint density at radius 1 is 1.20 bits per heavy atom. The number of benzene rings is 2. The van der Waals surface area contributed by atoms with Gasteiger partial charge in [-0.2, -0.15) is 10.1 Å². The molecule has 35 heavy (non-hydrogen) atoms. The Kier molecular flexibility index (Phi) is 8.20. The van der Waals surface area contributed by atoms with Crippen LogP contribution in [0.5, 0.6) is 0 Å². The Balaban J connectivity index is 1.63. The lowest BCUT2D eigenvalue weighted by molar-refractivity contribution is -0.0404. The fourth-order valence-corrected chi connectivity index (χ4v) is 5.91. The van der Waals surface area contributed by atoms with Gasteiger partial charge >= 0.3 is 6.03 Å². The molecule has 1 aliphatic heterocycles. The van der Waals surface area contributed by atoms with Gasteiger partial charge in [0, 0.05) is 18.7 Å². The molecule has 186 valence electrons. The van der Waals surface area contributed by atoms with Gasteiger partial charge in [0.2, 0.25) is 0 Å². The number of hydrogen-bond donors (Lipinski definition) is 2. The molecule has 1 aliphatic carbocycles. The Bertz CT molecular complexity index is 1090. The van der Waals surface area contributed by atoms with E-state index >= 15 is 0 Å². The number of hydrogen-bond acceptors (Lipinski definition) is 5. The van der Waals surface area contributed by atoms with Crippen LogP contribution in [-0.4, -0.2) is 46.0 Å². The molecule has 0 fully saturated rings. The van der Waals surface area contributed by atoms with Gasteiger partial charge in [-0.1, -0.05) is 54.2 Å². The lowest BCUT2D eigenvalue weighted by Crippen LogP contribution is -2.46. The zero-order valence-corrected chi connectivity index (χ0v) is 20.5. The van der Waals surface area contributed by atoms with Gasteiger partial charge < -0.3 is 5.32 Å². The van der Waals surface area contributed by atoms with Crippen LogP contribution in [0.4, 0.5) is 13.6 Å². The number of rotatable bonds is 7. The number of amides is 2. The molecule has 2 aromatic carbocycles. The van der Waals surface area contributed by atoms with Gasteiger partial charge in [-0.15, -0.1) is 0 Å². The van der Waals surface area contributed by atoms with Gasteiger partial charge in [0.05, 0.1) is 0 Å². The van der Waals surface area contributed by atoms with E-state index < -0.39 is 22.5 Å². The summed E-state index contributed by atoms with van der Waals surface area (Å²) in [5.41, 5.74) is 0.768. The van der Waals surface area contributed by atoms with Crippen molar-refractivity contribution in [2.75, 3.05) is 13.6 Å². The molecule has 0 bridgehead atoms. The van der Waals surface area contributed by atoms with E-state index in [4.69, 9.17) is 0 Å². The topological polar surface area (TPSA) is 68.2 Å². The third-order valence-electron chi connectivity index (χ3n) is 6.30. The van der Waals surface area contributed by atoms with Crippen molar-refractivity contribution in [3.05, 3.63) is 83.4 Å². The number of hydrazone groups is 1. The fourth-order valence-electron chi connectivity index (χ4n) is 4.49. The van der Waals surface area contributed by atoms with E-state index in [1.54, 1.807) is 0 Å². The van der Waals surface area contributed by atoms with Crippen molar-refractivity contribution in [1.82, 2.24) is 15.4 Å². The van der Waals surface area contributed by atoms with Crippen LogP contribution in [0.2, 0.25) is 0 Å². The third kappa shape index (κ3) is 5.74. The number of carbonyl (C=O) groups is 1. The van der Waals surface area contributed by atoms with Crippen molar-refractivity contribution in [2.24, 2.45) is 5.10 Å². The summed E-state index contributed by atoms with van der Waals surface area (Å²) in [4.78, 5) is 12.0. The Morgan fingerprint density at radius 3 is 2.60 bits per heavy atom. The number of nitrogens with zero attached hydrogens (tertiary/aromatic N) is 3. The predicted molar refractivity (Wildman–Crippen MR) is 134 cm³/mol. The summed E-state index contributed by atoms with van der Waals surface area (Å²) in [6.45, 7) is 0.737. The number of allylic oxidation sites excluding steroid dienone is 2. The van der Waals surface area contributed by atoms with Gasteiger partial charge in [-0.25, -0.2) is 18.6 Å². The highest BCUT2D eigenvalue weighted by Gasteiger charge is 2.49. The number of halogens is 2. The number of urea groups is 1. The van der Waals surface area contributed by atoms with Gasteiger partial charge in [0.15, 0.2) is 0 Å². The number of thioether (sulfide) groups is 1. The maximum atomic E-state index is 14.7. The predicted octanol–water partition coefficient (Wildman–Crippen LogP) is 5.84.